The summed E-state index contributed by atoms with van der Waals surface area (Å²) >= 11 is 2.96. The van der Waals surface area contributed by atoms with Gasteiger partial charge >= 0.3 is 0 Å². The molecule has 10 heavy (non-hydrogen) atoms. The van der Waals surface area contributed by atoms with Crippen molar-refractivity contribution in [1.29, 1.82) is 0 Å². The predicted octanol–water partition coefficient (Wildman–Crippen LogP) is 1.39. The van der Waals surface area contributed by atoms with Gasteiger partial charge in [0, 0.05) is 0 Å². The normalized spacial score (nSPS) is 9.50. The molecule has 1 aromatic rings. The molecule has 0 amide bonds. The molecule has 1 aromatic heterocycles. The highest BCUT2D eigenvalue weighted by Crippen LogP contribution is 2.12. The number of nitrogens with zero attached hydrogens (tertiary/aromatic N) is 2. The number of rotatable bonds is 1. The van der Waals surface area contributed by atoms with Gasteiger partial charge in [0.25, 0.3) is 11.8 Å². The van der Waals surface area contributed by atoms with Gasteiger partial charge in [0.15, 0.2) is 0 Å². The van der Waals surface area contributed by atoms with E-state index in [1.807, 2.05) is 0 Å². The van der Waals surface area contributed by atoms with Crippen LogP contribution in [0.3, 0.4) is 0 Å². The molecule has 0 fully saturated rings. The van der Waals surface area contributed by atoms with Crippen molar-refractivity contribution < 1.29 is 9.13 Å². The molecule has 0 unspecified atom stereocenters. The van der Waals surface area contributed by atoms with E-state index in [1.54, 1.807) is 0 Å². The lowest BCUT2D eigenvalue weighted by Crippen LogP contribution is -1.94. The maximum absolute atomic E-state index is 12.5. The first-order valence-corrected chi connectivity index (χ1v) is 3.25. The minimum absolute atomic E-state index is 0.0943. The summed E-state index contributed by atoms with van der Waals surface area (Å²) in [5.41, 5.74) is 0. The van der Waals surface area contributed by atoms with Crippen LogP contribution in [-0.2, 0) is 0 Å². The number of hydrogen-bond acceptors (Lipinski definition) is 3. The molecule has 0 saturated heterocycles. The lowest BCUT2D eigenvalue weighted by molar-refractivity contribution is 0.359. The molecule has 3 nitrogen and oxygen atoms in total. The van der Waals surface area contributed by atoms with Crippen LogP contribution < -0.4 is 4.74 Å². The summed E-state index contributed by atoms with van der Waals surface area (Å²) in [7, 11) is 1.33. The Hall–Kier alpha value is -0.710. The van der Waals surface area contributed by atoms with Crippen molar-refractivity contribution in [2.75, 3.05) is 7.11 Å². The first-order chi connectivity index (χ1) is 4.74. The third-order valence-electron chi connectivity index (χ3n) is 0.863. The average Bonchev–Trinajstić information content (AvgIpc) is 1.88. The van der Waals surface area contributed by atoms with E-state index in [9.17, 15) is 4.39 Å². The fraction of sp³-hybridized carbons (Fsp3) is 0.200. The molecule has 0 saturated carbocycles. The van der Waals surface area contributed by atoms with Crippen molar-refractivity contribution in [1.82, 2.24) is 9.97 Å². The quantitative estimate of drug-likeness (QED) is 0.697. The third kappa shape index (κ3) is 1.41. The van der Waals surface area contributed by atoms with Gasteiger partial charge in [-0.05, 0) is 15.9 Å². The Bertz CT molecular complexity index is 243. The van der Waals surface area contributed by atoms with E-state index in [0.29, 0.717) is 4.60 Å². The Morgan fingerprint density at radius 2 is 2.40 bits per heavy atom. The molecule has 5 heteroatoms. The van der Waals surface area contributed by atoms with Crippen LogP contribution in [0.2, 0.25) is 0 Å². The van der Waals surface area contributed by atoms with Gasteiger partial charge in [-0.3, -0.25) is 0 Å². The van der Waals surface area contributed by atoms with Gasteiger partial charge in [-0.15, -0.1) is 0 Å². The SMILES string of the molecule is COc1ncc(Br)nc1F. The predicted molar refractivity (Wildman–Crippen MR) is 36.2 cm³/mol. The van der Waals surface area contributed by atoms with Crippen LogP contribution in [0, 0.1) is 5.95 Å². The van der Waals surface area contributed by atoms with E-state index >= 15 is 0 Å². The van der Waals surface area contributed by atoms with E-state index < -0.39 is 5.95 Å². The molecule has 0 aromatic carbocycles. The largest absolute Gasteiger partial charge is 0.478 e. The van der Waals surface area contributed by atoms with Crippen LogP contribution in [0.25, 0.3) is 0 Å². The number of aromatic nitrogens is 2. The Morgan fingerprint density at radius 3 is 2.90 bits per heavy atom. The average molecular weight is 207 g/mol. The van der Waals surface area contributed by atoms with E-state index in [0.717, 1.165) is 0 Å². The molecule has 0 bridgehead atoms. The summed E-state index contributed by atoms with van der Waals surface area (Å²) in [5.74, 6) is -0.805. The Morgan fingerprint density at radius 1 is 1.70 bits per heavy atom. The molecule has 0 radical (unpaired) electrons. The highest BCUT2D eigenvalue weighted by Gasteiger charge is 2.03. The molecule has 0 spiro atoms. The van der Waals surface area contributed by atoms with Crippen molar-refractivity contribution in [3.63, 3.8) is 0 Å². The summed E-state index contributed by atoms with van der Waals surface area (Å²) in [6.45, 7) is 0. The Kier molecular flexibility index (Phi) is 2.16. The van der Waals surface area contributed by atoms with Crippen molar-refractivity contribution in [3.05, 3.63) is 16.7 Å². The van der Waals surface area contributed by atoms with Crippen molar-refractivity contribution >= 4 is 15.9 Å². The molecular weight excluding hydrogens is 203 g/mol. The molecule has 0 aliphatic carbocycles. The molecule has 0 N–H and O–H groups in total. The Balaban J connectivity index is 3.07. The Labute approximate surface area is 65.4 Å². The third-order valence-corrected chi connectivity index (χ3v) is 1.25. The standard InChI is InChI=1S/C5H4BrFN2O/c1-10-5-4(7)9-3(6)2-8-5/h2H,1H3. The first kappa shape index (κ1) is 7.40. The zero-order valence-corrected chi connectivity index (χ0v) is 6.72. The van der Waals surface area contributed by atoms with Crippen LogP contribution in [0.1, 0.15) is 0 Å². The van der Waals surface area contributed by atoms with Gasteiger partial charge in [-0.2, -0.15) is 4.39 Å². The molecule has 1 rings (SSSR count). The smallest absolute Gasteiger partial charge is 0.276 e. The molecule has 0 aliphatic heterocycles. The molecule has 0 atom stereocenters. The maximum atomic E-state index is 12.5. The van der Waals surface area contributed by atoms with Crippen LogP contribution in [0.4, 0.5) is 4.39 Å². The summed E-state index contributed by atoms with van der Waals surface area (Å²) < 4.78 is 17.4. The lowest BCUT2D eigenvalue weighted by atomic mass is 10.7. The lowest BCUT2D eigenvalue weighted by Gasteiger charge is -1.97. The second kappa shape index (κ2) is 2.92. The monoisotopic (exact) mass is 206 g/mol. The van der Waals surface area contributed by atoms with Gasteiger partial charge in [-0.25, -0.2) is 9.97 Å². The summed E-state index contributed by atoms with van der Waals surface area (Å²) in [4.78, 5) is 7.00. The summed E-state index contributed by atoms with van der Waals surface area (Å²) in [6.07, 6.45) is 1.36. The summed E-state index contributed by atoms with van der Waals surface area (Å²) in [5, 5.41) is 0. The second-order valence-electron chi connectivity index (χ2n) is 1.49. The van der Waals surface area contributed by atoms with E-state index in [1.165, 1.54) is 13.3 Å². The molecule has 1 heterocycles. The molecule has 54 valence electrons. The number of ether oxygens (including phenoxy) is 1. The van der Waals surface area contributed by atoms with Gasteiger partial charge < -0.3 is 4.74 Å². The van der Waals surface area contributed by atoms with Crippen LogP contribution >= 0.6 is 15.9 Å². The van der Waals surface area contributed by atoms with Gasteiger partial charge in [0.1, 0.15) is 4.60 Å². The zero-order chi connectivity index (χ0) is 7.56. The topological polar surface area (TPSA) is 35.0 Å². The maximum Gasteiger partial charge on any atom is 0.276 e. The first-order valence-electron chi connectivity index (χ1n) is 2.46. The zero-order valence-electron chi connectivity index (χ0n) is 5.14. The van der Waals surface area contributed by atoms with Gasteiger partial charge in [0.2, 0.25) is 0 Å². The highest BCUT2D eigenvalue weighted by atomic mass is 79.9. The fourth-order valence-electron chi connectivity index (χ4n) is 0.473. The minimum Gasteiger partial charge on any atom is -0.478 e. The second-order valence-corrected chi connectivity index (χ2v) is 2.31. The number of methoxy groups -OCH3 is 1. The minimum atomic E-state index is -0.711. The van der Waals surface area contributed by atoms with Crippen molar-refractivity contribution in [3.8, 4) is 5.88 Å². The highest BCUT2D eigenvalue weighted by molar-refractivity contribution is 9.10. The number of hydrogen-bond donors (Lipinski definition) is 0. The van der Waals surface area contributed by atoms with Crippen LogP contribution in [-0.4, -0.2) is 17.1 Å². The van der Waals surface area contributed by atoms with Crippen LogP contribution in [0.5, 0.6) is 5.88 Å². The summed E-state index contributed by atoms with van der Waals surface area (Å²) in [6, 6.07) is 0. The fourth-order valence-corrected chi connectivity index (χ4v) is 0.731. The van der Waals surface area contributed by atoms with Crippen LogP contribution in [0.15, 0.2) is 10.8 Å². The van der Waals surface area contributed by atoms with E-state index in [4.69, 9.17) is 0 Å². The molecular formula is C5H4BrFN2O. The van der Waals surface area contributed by atoms with Gasteiger partial charge in [-0.1, -0.05) is 0 Å². The molecule has 0 aliphatic rings. The van der Waals surface area contributed by atoms with Gasteiger partial charge in [0.05, 0.1) is 13.3 Å². The van der Waals surface area contributed by atoms with E-state index in [2.05, 4.69) is 30.6 Å². The number of halogens is 2. The van der Waals surface area contributed by atoms with Crippen molar-refractivity contribution in [2.45, 2.75) is 0 Å². The van der Waals surface area contributed by atoms with E-state index in [-0.39, 0.29) is 5.88 Å². The van der Waals surface area contributed by atoms with Crippen molar-refractivity contribution in [2.24, 2.45) is 0 Å².